The number of carbonyl (C=O) groups is 2. The van der Waals surface area contributed by atoms with Crippen LogP contribution in [0.5, 0.6) is 0 Å². The first-order valence-electron chi connectivity index (χ1n) is 15.0. The van der Waals surface area contributed by atoms with Crippen LogP contribution in [0, 0.1) is 0 Å². The molecule has 3 aliphatic heterocycles. The van der Waals surface area contributed by atoms with E-state index in [1.54, 1.807) is 19.5 Å². The molecule has 5 heterocycles. The number of rotatable bonds is 7. The normalized spacial score (nSPS) is 19.5. The van der Waals surface area contributed by atoms with Gasteiger partial charge in [0, 0.05) is 84.5 Å². The molecule has 1 atom stereocenters. The molecule has 12 heteroatoms. The Balaban J connectivity index is 1.03. The number of allylic oxidation sites excluding steroid dienone is 2. The molecular weight excluding hydrogens is 592 g/mol. The minimum atomic E-state index is -0.377. The predicted molar refractivity (Wildman–Crippen MR) is 174 cm³/mol. The fraction of sp³-hybridized carbons (Fsp3) is 0.333. The molecule has 2 aromatic heterocycles. The molecular formula is C33H35ClN8O3. The van der Waals surface area contributed by atoms with E-state index >= 15 is 0 Å². The van der Waals surface area contributed by atoms with Crippen LogP contribution in [-0.2, 0) is 23.2 Å². The molecule has 6 rings (SSSR count). The monoisotopic (exact) mass is 626 g/mol. The molecule has 232 valence electrons. The van der Waals surface area contributed by atoms with E-state index in [4.69, 9.17) is 11.6 Å². The lowest BCUT2D eigenvalue weighted by Crippen LogP contribution is -2.46. The molecule has 0 spiro atoms. The average Bonchev–Trinajstić information content (AvgIpc) is 3.04. The Morgan fingerprint density at radius 3 is 2.58 bits per heavy atom. The van der Waals surface area contributed by atoms with Crippen molar-refractivity contribution in [1.29, 1.82) is 0 Å². The summed E-state index contributed by atoms with van der Waals surface area (Å²) in [6.45, 7) is 4.36. The number of halogens is 1. The summed E-state index contributed by atoms with van der Waals surface area (Å²) in [6, 6.07) is 12.6. The maximum absolute atomic E-state index is 12.4. The van der Waals surface area contributed by atoms with Crippen LogP contribution in [0.15, 0.2) is 76.6 Å². The van der Waals surface area contributed by atoms with Crippen molar-refractivity contribution in [2.24, 2.45) is 12.0 Å². The standard InChI is InChI=1S/C33H35ClN8O3/c1-39-19-23(17-36-28-18-37-40(2)33(45)31(28)34)15-26(21-39)24-5-3-22(4-6-24)20-41-11-13-42(14-12-41)29-16-25(9-10-35-29)27-7-8-30(43)38-32(27)44/h3-6,9-10,16-19,21,27H,7-8,11-15,20H2,1-2H3,(H,38,43,44). The Hall–Kier alpha value is -4.61. The smallest absolute Gasteiger partial charge is 0.287 e. The highest BCUT2D eigenvalue weighted by Crippen LogP contribution is 2.29. The molecule has 2 fully saturated rings. The van der Waals surface area contributed by atoms with Gasteiger partial charge in [-0.3, -0.25) is 29.6 Å². The van der Waals surface area contributed by atoms with Crippen molar-refractivity contribution < 1.29 is 9.59 Å². The number of amides is 2. The van der Waals surface area contributed by atoms with Gasteiger partial charge >= 0.3 is 0 Å². The molecule has 0 radical (unpaired) electrons. The van der Waals surface area contributed by atoms with Gasteiger partial charge in [-0.05, 0) is 46.4 Å². The zero-order valence-corrected chi connectivity index (χ0v) is 26.1. The number of aromatic nitrogens is 3. The first-order chi connectivity index (χ1) is 21.7. The molecule has 0 aliphatic carbocycles. The van der Waals surface area contributed by atoms with E-state index in [2.05, 4.69) is 60.7 Å². The zero-order valence-electron chi connectivity index (χ0n) is 25.3. The van der Waals surface area contributed by atoms with Crippen molar-refractivity contribution in [2.45, 2.75) is 31.7 Å². The van der Waals surface area contributed by atoms with E-state index in [0.29, 0.717) is 24.9 Å². The molecule has 2 amide bonds. The summed E-state index contributed by atoms with van der Waals surface area (Å²) in [5, 5.41) is 6.51. The van der Waals surface area contributed by atoms with Crippen molar-refractivity contribution >= 4 is 46.7 Å². The third kappa shape index (κ3) is 7.05. The van der Waals surface area contributed by atoms with Gasteiger partial charge in [0.15, 0.2) is 0 Å². The topological polar surface area (TPSA) is 116 Å². The molecule has 1 unspecified atom stereocenters. The molecule has 45 heavy (non-hydrogen) atoms. The third-order valence-electron chi connectivity index (χ3n) is 8.39. The fourth-order valence-corrected chi connectivity index (χ4v) is 6.13. The Kier molecular flexibility index (Phi) is 8.90. The summed E-state index contributed by atoms with van der Waals surface area (Å²) >= 11 is 6.17. The zero-order chi connectivity index (χ0) is 31.5. The van der Waals surface area contributed by atoms with Gasteiger partial charge in [-0.25, -0.2) is 9.67 Å². The van der Waals surface area contributed by atoms with Crippen LogP contribution in [0.1, 0.15) is 41.9 Å². The summed E-state index contributed by atoms with van der Waals surface area (Å²) in [5.41, 5.74) is 5.43. The number of benzene rings is 1. The fourth-order valence-electron chi connectivity index (χ4n) is 5.91. The van der Waals surface area contributed by atoms with Crippen LogP contribution >= 0.6 is 11.6 Å². The van der Waals surface area contributed by atoms with Crippen LogP contribution in [0.4, 0.5) is 11.5 Å². The van der Waals surface area contributed by atoms with Gasteiger partial charge in [0.05, 0.1) is 12.1 Å². The largest absolute Gasteiger partial charge is 0.357 e. The van der Waals surface area contributed by atoms with Crippen LogP contribution in [0.3, 0.4) is 0 Å². The Morgan fingerprint density at radius 2 is 1.82 bits per heavy atom. The number of pyridine rings is 1. The maximum atomic E-state index is 12.4. The van der Waals surface area contributed by atoms with E-state index < -0.39 is 0 Å². The Morgan fingerprint density at radius 1 is 1.04 bits per heavy atom. The number of aliphatic imine (C=N–C) groups is 1. The van der Waals surface area contributed by atoms with E-state index in [1.807, 2.05) is 30.3 Å². The number of piperazine rings is 1. The van der Waals surface area contributed by atoms with E-state index in [0.717, 1.165) is 55.2 Å². The number of piperidine rings is 1. The number of aryl methyl sites for hydroxylation is 1. The van der Waals surface area contributed by atoms with Crippen molar-refractivity contribution in [3.05, 3.63) is 98.8 Å². The van der Waals surface area contributed by atoms with Crippen LogP contribution in [0.2, 0.25) is 5.02 Å². The molecule has 0 saturated carbocycles. The number of hydrogen-bond donors (Lipinski definition) is 1. The van der Waals surface area contributed by atoms with Crippen molar-refractivity contribution in [2.75, 3.05) is 38.1 Å². The Labute approximate surface area is 266 Å². The predicted octanol–water partition coefficient (Wildman–Crippen LogP) is 3.63. The maximum Gasteiger partial charge on any atom is 0.287 e. The highest BCUT2D eigenvalue weighted by atomic mass is 35.5. The van der Waals surface area contributed by atoms with Crippen LogP contribution in [0.25, 0.3) is 5.57 Å². The lowest BCUT2D eigenvalue weighted by molar-refractivity contribution is -0.134. The van der Waals surface area contributed by atoms with Gasteiger partial charge in [-0.1, -0.05) is 35.9 Å². The lowest BCUT2D eigenvalue weighted by Gasteiger charge is -2.35. The highest BCUT2D eigenvalue weighted by Gasteiger charge is 2.29. The summed E-state index contributed by atoms with van der Waals surface area (Å²) in [7, 11) is 3.53. The van der Waals surface area contributed by atoms with Gasteiger partial charge in [0.25, 0.3) is 5.56 Å². The average molecular weight is 627 g/mol. The van der Waals surface area contributed by atoms with Gasteiger partial charge in [-0.2, -0.15) is 5.10 Å². The van der Waals surface area contributed by atoms with Crippen molar-refractivity contribution in [3.8, 4) is 0 Å². The minimum Gasteiger partial charge on any atom is -0.357 e. The molecule has 11 nitrogen and oxygen atoms in total. The number of hydrogen-bond acceptors (Lipinski definition) is 9. The van der Waals surface area contributed by atoms with E-state index in [9.17, 15) is 14.4 Å². The number of nitrogens with zero attached hydrogens (tertiary/aromatic N) is 7. The summed E-state index contributed by atoms with van der Waals surface area (Å²) in [4.78, 5) is 51.7. The van der Waals surface area contributed by atoms with Crippen molar-refractivity contribution in [3.63, 3.8) is 0 Å². The van der Waals surface area contributed by atoms with Gasteiger partial charge in [-0.15, -0.1) is 0 Å². The number of nitrogens with one attached hydrogen (secondary N) is 1. The van der Waals surface area contributed by atoms with Gasteiger partial charge in [0.2, 0.25) is 11.8 Å². The molecule has 3 aliphatic rings. The molecule has 1 N–H and O–H groups in total. The second-order valence-electron chi connectivity index (χ2n) is 11.6. The van der Waals surface area contributed by atoms with Crippen LogP contribution in [-0.4, -0.2) is 75.8 Å². The Bertz CT molecular complexity index is 1760. The molecule has 3 aromatic rings. The minimum absolute atomic E-state index is 0.0527. The van der Waals surface area contributed by atoms with Gasteiger partial charge < -0.3 is 9.80 Å². The van der Waals surface area contributed by atoms with Crippen LogP contribution < -0.4 is 15.8 Å². The number of carbonyl (C=O) groups excluding carboxylic acids is 2. The summed E-state index contributed by atoms with van der Waals surface area (Å²) < 4.78 is 1.18. The highest BCUT2D eigenvalue weighted by molar-refractivity contribution is 6.32. The third-order valence-corrected chi connectivity index (χ3v) is 8.75. The van der Waals surface area contributed by atoms with Gasteiger partial charge in [0.1, 0.15) is 16.5 Å². The molecule has 0 bridgehead atoms. The SMILES string of the molecule is CN1C=C(C=Nc2cnn(C)c(=O)c2Cl)CC(c2ccc(CN3CCN(c4cc(C5CCC(=O)NC5=O)ccn4)CC3)cc2)=C1. The lowest BCUT2D eigenvalue weighted by atomic mass is 9.91. The van der Waals surface area contributed by atoms with Crippen molar-refractivity contribution in [1.82, 2.24) is 29.9 Å². The molecule has 2 saturated heterocycles. The number of imide groups is 1. The summed E-state index contributed by atoms with van der Waals surface area (Å²) in [5.74, 6) is 0.137. The first-order valence-corrected chi connectivity index (χ1v) is 15.4. The molecule has 1 aromatic carbocycles. The second-order valence-corrected chi connectivity index (χ2v) is 12.0. The number of anilines is 1. The quantitative estimate of drug-likeness (QED) is 0.312. The summed E-state index contributed by atoms with van der Waals surface area (Å²) in [6.07, 6.45) is 10.7. The van der Waals surface area contributed by atoms with E-state index in [-0.39, 0.29) is 28.3 Å². The van der Waals surface area contributed by atoms with E-state index in [1.165, 1.54) is 22.0 Å². The second kappa shape index (κ2) is 13.2. The first kappa shape index (κ1) is 30.4.